The van der Waals surface area contributed by atoms with Crippen molar-refractivity contribution in [3.8, 4) is 0 Å². The van der Waals surface area contributed by atoms with Gasteiger partial charge in [0.1, 0.15) is 0 Å². The molecule has 0 atom stereocenters. The second-order valence-corrected chi connectivity index (χ2v) is 7.59. The van der Waals surface area contributed by atoms with Crippen LogP contribution in [0.1, 0.15) is 60.8 Å². The summed E-state index contributed by atoms with van der Waals surface area (Å²) in [6.07, 6.45) is 3.89. The molecule has 1 fully saturated rings. The molecule has 0 radical (unpaired) electrons. The van der Waals surface area contributed by atoms with E-state index in [0.29, 0.717) is 0 Å². The van der Waals surface area contributed by atoms with Crippen molar-refractivity contribution in [1.82, 2.24) is 0 Å². The molecule has 0 N–H and O–H groups in total. The van der Waals surface area contributed by atoms with Crippen molar-refractivity contribution in [2.24, 2.45) is 10.8 Å². The standard InChI is InChI=1S/C13H26N.2C2H6N.W/c1-11(2,3)13(12(4,5)6)9-7-8-10-14-13;2*1-3-2;/h7-10H2,1-6H3;2*1-2H3;/q3*-1;. The Bertz CT molecular complexity index is 205. The minimum absolute atomic E-state index is 0. The first-order valence-electron chi connectivity index (χ1n) is 7.68. The zero-order valence-corrected chi connectivity index (χ0v) is 19.0. The first-order valence-corrected chi connectivity index (χ1v) is 7.68. The largest absolute Gasteiger partial charge is 0.668 e. The van der Waals surface area contributed by atoms with Crippen molar-refractivity contribution < 1.29 is 21.1 Å². The summed E-state index contributed by atoms with van der Waals surface area (Å²) in [4.78, 5) is 0. The molecule has 4 heteroatoms. The Labute approximate surface area is 149 Å². The van der Waals surface area contributed by atoms with Gasteiger partial charge in [0.15, 0.2) is 0 Å². The molecule has 0 unspecified atom stereocenters. The maximum Gasteiger partial charge on any atom is 0 e. The normalized spacial score (nSPS) is 17.4. The second-order valence-electron chi connectivity index (χ2n) is 7.59. The van der Waals surface area contributed by atoms with Crippen LogP contribution in [0.4, 0.5) is 0 Å². The third-order valence-electron chi connectivity index (χ3n) is 3.81. The van der Waals surface area contributed by atoms with Gasteiger partial charge in [-0.15, -0.1) is 12.1 Å². The fraction of sp³-hybridized carbons (Fsp3) is 1.00. The van der Waals surface area contributed by atoms with Crippen molar-refractivity contribution in [1.29, 1.82) is 0 Å². The van der Waals surface area contributed by atoms with Crippen LogP contribution in [0.3, 0.4) is 0 Å². The number of hydrogen-bond acceptors (Lipinski definition) is 0. The van der Waals surface area contributed by atoms with Crippen LogP contribution in [0.15, 0.2) is 0 Å². The SMILES string of the molecule is CC(C)(C)C1(C(C)(C)C)CCCC[N-]1.C[N-]C.C[N-]C.[W]. The van der Waals surface area contributed by atoms with Crippen molar-refractivity contribution >= 4 is 0 Å². The van der Waals surface area contributed by atoms with Gasteiger partial charge in [-0.3, -0.25) is 0 Å². The van der Waals surface area contributed by atoms with Gasteiger partial charge in [0.25, 0.3) is 0 Å². The van der Waals surface area contributed by atoms with Crippen LogP contribution < -0.4 is 0 Å². The van der Waals surface area contributed by atoms with Gasteiger partial charge >= 0.3 is 0 Å². The zero-order valence-electron chi connectivity index (χ0n) is 16.1. The Morgan fingerprint density at radius 2 is 1.10 bits per heavy atom. The molecule has 0 aromatic heterocycles. The number of rotatable bonds is 0. The smallest absolute Gasteiger partial charge is 0 e. The van der Waals surface area contributed by atoms with Gasteiger partial charge in [0.2, 0.25) is 0 Å². The van der Waals surface area contributed by atoms with Crippen LogP contribution in [0.25, 0.3) is 16.0 Å². The summed E-state index contributed by atoms with van der Waals surface area (Å²) in [5.41, 5.74) is 0.746. The van der Waals surface area contributed by atoms with Gasteiger partial charge in [0, 0.05) is 21.1 Å². The van der Waals surface area contributed by atoms with Gasteiger partial charge in [-0.25, -0.2) is 0 Å². The van der Waals surface area contributed by atoms with Crippen LogP contribution in [0, 0.1) is 10.8 Å². The maximum atomic E-state index is 5.00. The summed E-state index contributed by atoms with van der Waals surface area (Å²) in [5.74, 6) is 0. The average Bonchev–Trinajstić information content (AvgIpc) is 2.29. The molecule has 0 bridgehead atoms. The minimum Gasteiger partial charge on any atom is -0.668 e. The molecule has 0 aromatic carbocycles. The quantitative estimate of drug-likeness (QED) is 0.444. The molecule has 1 aliphatic heterocycles. The predicted octanol–water partition coefficient (Wildman–Crippen LogP) is 5.61. The summed E-state index contributed by atoms with van der Waals surface area (Å²) in [7, 11) is 7.00. The molecular weight excluding hydrogens is 430 g/mol. The average molecular weight is 468 g/mol. The van der Waals surface area contributed by atoms with E-state index in [4.69, 9.17) is 5.32 Å². The first-order chi connectivity index (χ1) is 9.04. The molecule has 130 valence electrons. The molecule has 21 heavy (non-hydrogen) atoms. The molecule has 0 aliphatic carbocycles. The Kier molecular flexibility index (Phi) is 15.2. The second kappa shape index (κ2) is 12.0. The third kappa shape index (κ3) is 8.69. The maximum absolute atomic E-state index is 5.00. The Hall–Kier alpha value is 0.568. The van der Waals surface area contributed by atoms with E-state index in [0.717, 1.165) is 6.54 Å². The number of piperidine rings is 1. The van der Waals surface area contributed by atoms with Crippen molar-refractivity contribution in [3.05, 3.63) is 16.0 Å². The van der Waals surface area contributed by atoms with E-state index in [1.807, 2.05) is 0 Å². The van der Waals surface area contributed by atoms with E-state index in [9.17, 15) is 0 Å². The molecule has 1 heterocycles. The van der Waals surface area contributed by atoms with Gasteiger partial charge in [-0.1, -0.05) is 71.6 Å². The van der Waals surface area contributed by atoms with Crippen LogP contribution in [-0.4, -0.2) is 40.3 Å². The molecule has 0 spiro atoms. The van der Waals surface area contributed by atoms with E-state index >= 15 is 0 Å². The Morgan fingerprint density at radius 1 is 0.762 bits per heavy atom. The molecular formula is C17H38N3W-3. The molecule has 3 nitrogen and oxygen atoms in total. The van der Waals surface area contributed by atoms with Crippen LogP contribution >= 0.6 is 0 Å². The zero-order chi connectivity index (χ0) is 16.4. The fourth-order valence-electron chi connectivity index (χ4n) is 3.19. The van der Waals surface area contributed by atoms with Gasteiger partial charge in [-0.05, 0) is 0 Å². The first kappa shape index (κ1) is 26.5. The van der Waals surface area contributed by atoms with Crippen LogP contribution in [-0.2, 0) is 21.1 Å². The van der Waals surface area contributed by atoms with Gasteiger partial charge in [-0.2, -0.15) is 28.2 Å². The van der Waals surface area contributed by atoms with Gasteiger partial charge < -0.3 is 16.0 Å². The number of nitrogens with zero attached hydrogens (tertiary/aromatic N) is 3. The van der Waals surface area contributed by atoms with Gasteiger partial charge in [0.05, 0.1) is 0 Å². The van der Waals surface area contributed by atoms with Crippen molar-refractivity contribution in [2.75, 3.05) is 34.7 Å². The van der Waals surface area contributed by atoms with E-state index in [-0.39, 0.29) is 37.4 Å². The van der Waals surface area contributed by atoms with Crippen LogP contribution in [0.2, 0.25) is 0 Å². The van der Waals surface area contributed by atoms with Crippen molar-refractivity contribution in [3.63, 3.8) is 0 Å². The van der Waals surface area contributed by atoms with Crippen LogP contribution in [0.5, 0.6) is 0 Å². The summed E-state index contributed by atoms with van der Waals surface area (Å²) in [6.45, 7) is 15.1. The molecule has 1 saturated heterocycles. The molecule has 0 aromatic rings. The van der Waals surface area contributed by atoms with E-state index < -0.39 is 0 Å². The summed E-state index contributed by atoms with van der Waals surface area (Å²) >= 11 is 0. The Morgan fingerprint density at radius 3 is 1.24 bits per heavy atom. The fourth-order valence-corrected chi connectivity index (χ4v) is 3.19. The summed E-state index contributed by atoms with van der Waals surface area (Å²) < 4.78 is 0. The third-order valence-corrected chi connectivity index (χ3v) is 3.81. The van der Waals surface area contributed by atoms with Crippen molar-refractivity contribution in [2.45, 2.75) is 66.3 Å². The molecule has 0 saturated carbocycles. The summed E-state index contributed by atoms with van der Waals surface area (Å²) in [6, 6.07) is 0. The Balaban J connectivity index is -0.000000400. The topological polar surface area (TPSA) is 42.3 Å². The van der Waals surface area contributed by atoms with E-state index in [2.05, 4.69) is 52.2 Å². The molecule has 1 aliphatic rings. The molecule has 1 rings (SSSR count). The van der Waals surface area contributed by atoms with E-state index in [1.165, 1.54) is 19.3 Å². The summed E-state index contributed by atoms with van der Waals surface area (Å²) in [5, 5.41) is 12.0. The molecule has 0 amide bonds. The predicted molar refractivity (Wildman–Crippen MR) is 94.1 cm³/mol. The number of hydrogen-bond donors (Lipinski definition) is 0. The van der Waals surface area contributed by atoms with E-state index in [1.54, 1.807) is 28.2 Å². The monoisotopic (exact) mass is 468 g/mol. The minimum atomic E-state index is 0.